The van der Waals surface area contributed by atoms with Crippen molar-refractivity contribution in [2.24, 2.45) is 0 Å². The van der Waals surface area contributed by atoms with Crippen molar-refractivity contribution in [3.63, 3.8) is 0 Å². The molecule has 0 unspecified atom stereocenters. The fraction of sp³-hybridized carbons (Fsp3) is 0.667. The van der Waals surface area contributed by atoms with E-state index in [4.69, 9.17) is 4.74 Å². The van der Waals surface area contributed by atoms with Gasteiger partial charge in [0.15, 0.2) is 0 Å². The maximum atomic E-state index is 6.10. The molecule has 0 aliphatic carbocycles. The molecular formula is C18H29NO. The van der Waals surface area contributed by atoms with E-state index in [1.807, 2.05) is 0 Å². The average molecular weight is 275 g/mol. The van der Waals surface area contributed by atoms with Crippen LogP contribution in [-0.4, -0.2) is 30.6 Å². The van der Waals surface area contributed by atoms with Crippen LogP contribution in [0.2, 0.25) is 0 Å². The molecule has 0 radical (unpaired) electrons. The van der Waals surface area contributed by atoms with Gasteiger partial charge in [0.2, 0.25) is 0 Å². The predicted octanol–water partition coefficient (Wildman–Crippen LogP) is 3.95. The molecule has 0 spiro atoms. The van der Waals surface area contributed by atoms with E-state index >= 15 is 0 Å². The van der Waals surface area contributed by atoms with Gasteiger partial charge in [0.05, 0.1) is 12.7 Å². The number of hydrogen-bond acceptors (Lipinski definition) is 2. The van der Waals surface area contributed by atoms with Gasteiger partial charge in [-0.1, -0.05) is 38.5 Å². The first-order chi connectivity index (χ1) is 9.72. The van der Waals surface area contributed by atoms with Crippen LogP contribution in [0.5, 0.6) is 0 Å². The average Bonchev–Trinajstić information content (AvgIpc) is 2.92. The van der Waals surface area contributed by atoms with Crippen molar-refractivity contribution in [2.45, 2.75) is 59.2 Å². The third-order valence-electron chi connectivity index (χ3n) is 4.34. The van der Waals surface area contributed by atoms with Crippen LogP contribution in [0.3, 0.4) is 0 Å². The second kappa shape index (κ2) is 7.80. The molecule has 0 aromatic heterocycles. The minimum Gasteiger partial charge on any atom is -0.372 e. The number of nitrogens with zero attached hydrogens (tertiary/aromatic N) is 1. The van der Waals surface area contributed by atoms with Crippen LogP contribution in [-0.2, 0) is 17.8 Å². The maximum absolute atomic E-state index is 6.10. The highest BCUT2D eigenvalue weighted by molar-refractivity contribution is 5.30. The number of benzene rings is 1. The molecule has 112 valence electrons. The summed E-state index contributed by atoms with van der Waals surface area (Å²) in [5.41, 5.74) is 4.16. The zero-order valence-corrected chi connectivity index (χ0v) is 13.3. The van der Waals surface area contributed by atoms with E-state index in [0.717, 1.165) is 19.6 Å². The Balaban J connectivity index is 1.78. The van der Waals surface area contributed by atoms with E-state index in [-0.39, 0.29) is 0 Å². The molecule has 2 nitrogen and oxygen atoms in total. The number of hydrogen-bond donors (Lipinski definition) is 0. The van der Waals surface area contributed by atoms with Gasteiger partial charge in [0.25, 0.3) is 0 Å². The van der Waals surface area contributed by atoms with Crippen LogP contribution in [0, 0.1) is 6.92 Å². The fourth-order valence-corrected chi connectivity index (χ4v) is 2.93. The lowest BCUT2D eigenvalue weighted by atomic mass is 10.0. The number of unbranched alkanes of at least 4 members (excludes halogenated alkanes) is 1. The van der Waals surface area contributed by atoms with Gasteiger partial charge in [0.1, 0.15) is 0 Å². The SMILES string of the molecule is CCCCN1CC[C@@H](OCc2ccc(C)c(CC)c2)C1. The summed E-state index contributed by atoms with van der Waals surface area (Å²) in [6, 6.07) is 6.73. The van der Waals surface area contributed by atoms with Gasteiger partial charge in [-0.3, -0.25) is 0 Å². The summed E-state index contributed by atoms with van der Waals surface area (Å²) in [4.78, 5) is 2.54. The zero-order valence-electron chi connectivity index (χ0n) is 13.3. The molecule has 1 aliphatic rings. The standard InChI is InChI=1S/C18H29NO/c1-4-6-10-19-11-9-18(13-19)20-14-16-8-7-15(3)17(5-2)12-16/h7-8,12,18H,4-6,9-11,13-14H2,1-3H3/t18-/m1/s1. The van der Waals surface area contributed by atoms with E-state index in [1.165, 1.54) is 49.0 Å². The monoisotopic (exact) mass is 275 g/mol. The normalized spacial score (nSPS) is 19.6. The molecule has 2 heteroatoms. The van der Waals surface area contributed by atoms with E-state index in [9.17, 15) is 0 Å². The van der Waals surface area contributed by atoms with Gasteiger partial charge < -0.3 is 9.64 Å². The van der Waals surface area contributed by atoms with Crippen molar-refractivity contribution in [2.75, 3.05) is 19.6 Å². The first-order valence-corrected chi connectivity index (χ1v) is 8.15. The summed E-state index contributed by atoms with van der Waals surface area (Å²) in [5, 5.41) is 0. The highest BCUT2D eigenvalue weighted by atomic mass is 16.5. The summed E-state index contributed by atoms with van der Waals surface area (Å²) in [7, 11) is 0. The van der Waals surface area contributed by atoms with Crippen molar-refractivity contribution in [3.05, 3.63) is 34.9 Å². The van der Waals surface area contributed by atoms with Crippen molar-refractivity contribution >= 4 is 0 Å². The van der Waals surface area contributed by atoms with Crippen LogP contribution in [0.1, 0.15) is 49.8 Å². The van der Waals surface area contributed by atoms with Crippen LogP contribution >= 0.6 is 0 Å². The lowest BCUT2D eigenvalue weighted by Gasteiger charge is -2.16. The van der Waals surface area contributed by atoms with Gasteiger partial charge in [-0.15, -0.1) is 0 Å². The topological polar surface area (TPSA) is 12.5 Å². The van der Waals surface area contributed by atoms with Crippen LogP contribution in [0.4, 0.5) is 0 Å². The number of rotatable bonds is 7. The van der Waals surface area contributed by atoms with Crippen molar-refractivity contribution in [3.8, 4) is 0 Å². The Bertz CT molecular complexity index is 416. The Morgan fingerprint density at radius 2 is 2.15 bits per heavy atom. The molecule has 0 N–H and O–H groups in total. The minimum absolute atomic E-state index is 0.429. The molecule has 0 amide bonds. The molecule has 0 bridgehead atoms. The Kier molecular flexibility index (Phi) is 6.06. The first-order valence-electron chi connectivity index (χ1n) is 8.15. The molecule has 20 heavy (non-hydrogen) atoms. The Labute approximate surface area is 124 Å². The summed E-state index contributed by atoms with van der Waals surface area (Å²) in [6.45, 7) is 11.0. The molecule has 2 rings (SSSR count). The minimum atomic E-state index is 0.429. The number of likely N-dealkylation sites (tertiary alicyclic amines) is 1. The molecule has 1 aromatic rings. The van der Waals surface area contributed by atoms with Gasteiger partial charge in [-0.2, -0.15) is 0 Å². The lowest BCUT2D eigenvalue weighted by molar-refractivity contribution is 0.0466. The third-order valence-corrected chi connectivity index (χ3v) is 4.34. The number of aryl methyl sites for hydroxylation is 2. The van der Waals surface area contributed by atoms with E-state index < -0.39 is 0 Å². The third kappa shape index (κ3) is 4.32. The summed E-state index contributed by atoms with van der Waals surface area (Å²) < 4.78 is 6.10. The highest BCUT2D eigenvalue weighted by Gasteiger charge is 2.22. The second-order valence-corrected chi connectivity index (χ2v) is 5.99. The highest BCUT2D eigenvalue weighted by Crippen LogP contribution is 2.17. The Morgan fingerprint density at radius 1 is 1.30 bits per heavy atom. The van der Waals surface area contributed by atoms with Crippen molar-refractivity contribution < 1.29 is 4.74 Å². The number of ether oxygens (including phenoxy) is 1. The maximum Gasteiger partial charge on any atom is 0.0721 e. The van der Waals surface area contributed by atoms with Crippen molar-refractivity contribution in [1.82, 2.24) is 4.90 Å². The molecule has 1 saturated heterocycles. The quantitative estimate of drug-likeness (QED) is 0.747. The molecule has 1 atom stereocenters. The molecule has 1 fully saturated rings. The predicted molar refractivity (Wildman–Crippen MR) is 85.1 cm³/mol. The van der Waals surface area contributed by atoms with Gasteiger partial charge in [-0.25, -0.2) is 0 Å². The summed E-state index contributed by atoms with van der Waals surface area (Å²) in [6.07, 6.45) is 5.32. The second-order valence-electron chi connectivity index (χ2n) is 5.99. The largest absolute Gasteiger partial charge is 0.372 e. The van der Waals surface area contributed by atoms with Gasteiger partial charge in [0, 0.05) is 13.1 Å². The fourth-order valence-electron chi connectivity index (χ4n) is 2.93. The van der Waals surface area contributed by atoms with Crippen molar-refractivity contribution in [1.29, 1.82) is 0 Å². The molecule has 0 saturated carbocycles. The lowest BCUT2D eigenvalue weighted by Crippen LogP contribution is -2.24. The van der Waals surface area contributed by atoms with Gasteiger partial charge in [-0.05, 0) is 49.4 Å². The van der Waals surface area contributed by atoms with E-state index in [1.54, 1.807) is 0 Å². The molecule has 1 aromatic carbocycles. The summed E-state index contributed by atoms with van der Waals surface area (Å²) >= 11 is 0. The Hall–Kier alpha value is -0.860. The van der Waals surface area contributed by atoms with E-state index in [2.05, 4.69) is 43.9 Å². The zero-order chi connectivity index (χ0) is 14.4. The molecular weight excluding hydrogens is 246 g/mol. The van der Waals surface area contributed by atoms with Crippen LogP contribution in [0.15, 0.2) is 18.2 Å². The molecule has 1 aliphatic heterocycles. The smallest absolute Gasteiger partial charge is 0.0721 e. The van der Waals surface area contributed by atoms with Crippen LogP contribution in [0.25, 0.3) is 0 Å². The van der Waals surface area contributed by atoms with Crippen LogP contribution < -0.4 is 0 Å². The first kappa shape index (κ1) is 15.5. The van der Waals surface area contributed by atoms with Gasteiger partial charge >= 0.3 is 0 Å². The molecule has 1 heterocycles. The Morgan fingerprint density at radius 3 is 2.90 bits per heavy atom. The van der Waals surface area contributed by atoms with E-state index in [0.29, 0.717) is 6.10 Å². The summed E-state index contributed by atoms with van der Waals surface area (Å²) in [5.74, 6) is 0.